The van der Waals surface area contributed by atoms with E-state index in [0.29, 0.717) is 12.3 Å². The quantitative estimate of drug-likeness (QED) is 0.618. The van der Waals surface area contributed by atoms with Gasteiger partial charge in [-0.3, -0.25) is 4.79 Å². The average molecular weight is 280 g/mol. The summed E-state index contributed by atoms with van der Waals surface area (Å²) in [6.07, 6.45) is 5.93. The predicted octanol–water partition coefficient (Wildman–Crippen LogP) is 3.63. The van der Waals surface area contributed by atoms with Crippen LogP contribution in [0.15, 0.2) is 24.3 Å². The molecule has 3 heteroatoms. The number of hydrogen-bond acceptors (Lipinski definition) is 3. The Hall–Kier alpha value is -1.09. The Kier molecular flexibility index (Phi) is 5.20. The Bertz CT molecular complexity index is 404. The van der Waals surface area contributed by atoms with Crippen molar-refractivity contribution in [2.24, 2.45) is 11.3 Å². The molecular weight excluding hydrogens is 252 g/mol. The molecule has 0 spiro atoms. The van der Waals surface area contributed by atoms with Crippen LogP contribution < -0.4 is 0 Å². The molecule has 0 aromatic rings. The maximum atomic E-state index is 11.3. The molecule has 0 saturated heterocycles. The predicted molar refractivity (Wildman–Crippen MR) is 81.3 cm³/mol. The number of ether oxygens (including phenoxy) is 1. The van der Waals surface area contributed by atoms with Gasteiger partial charge in [0.2, 0.25) is 0 Å². The Morgan fingerprint density at radius 1 is 1.65 bits per heavy atom. The van der Waals surface area contributed by atoms with Gasteiger partial charge in [-0.25, -0.2) is 0 Å². The van der Waals surface area contributed by atoms with E-state index < -0.39 is 5.60 Å². The van der Waals surface area contributed by atoms with Crippen LogP contribution in [0.3, 0.4) is 0 Å². The third-order valence-electron chi connectivity index (χ3n) is 4.62. The van der Waals surface area contributed by atoms with E-state index in [-0.39, 0.29) is 17.5 Å². The summed E-state index contributed by atoms with van der Waals surface area (Å²) in [6.45, 7) is 13.3. The van der Waals surface area contributed by atoms with Crippen LogP contribution in [-0.2, 0) is 9.53 Å². The normalized spacial score (nSPS) is 28.2. The molecule has 0 amide bonds. The number of rotatable bonds is 5. The molecule has 0 aromatic heterocycles. The highest BCUT2D eigenvalue weighted by Crippen LogP contribution is 2.45. The molecule has 1 N–H and O–H groups in total. The van der Waals surface area contributed by atoms with Gasteiger partial charge in [-0.2, -0.15) is 0 Å². The van der Waals surface area contributed by atoms with Crippen molar-refractivity contribution >= 4 is 5.97 Å². The number of aliphatic hydroxyl groups is 1. The third kappa shape index (κ3) is 3.95. The van der Waals surface area contributed by atoms with Crippen molar-refractivity contribution in [3.63, 3.8) is 0 Å². The van der Waals surface area contributed by atoms with E-state index in [9.17, 15) is 9.90 Å². The summed E-state index contributed by atoms with van der Waals surface area (Å²) in [7, 11) is 0. The lowest BCUT2D eigenvalue weighted by molar-refractivity contribution is -0.155. The zero-order valence-corrected chi connectivity index (χ0v) is 13.4. The van der Waals surface area contributed by atoms with Gasteiger partial charge in [-0.05, 0) is 32.6 Å². The number of allylic oxidation sites excluding steroid dienone is 1. The first-order chi connectivity index (χ1) is 9.10. The smallest absolute Gasteiger partial charge is 0.302 e. The molecule has 114 valence electrons. The van der Waals surface area contributed by atoms with Gasteiger partial charge in [0.1, 0.15) is 6.10 Å². The molecule has 0 heterocycles. The van der Waals surface area contributed by atoms with Gasteiger partial charge in [0.05, 0.1) is 5.60 Å². The molecule has 3 atom stereocenters. The molecule has 0 fully saturated rings. The molecular formula is C17H28O3. The molecule has 0 aliphatic heterocycles. The largest absolute Gasteiger partial charge is 0.462 e. The molecule has 0 aromatic carbocycles. The standard InChI is InChI=1S/C17H28O3/c1-7-17(6,19)11-10-14-12(2)8-9-15(16(14,4)5)20-13(3)18/h7-8,14-15,19H,1,9-11H2,2-6H3/t14-,15+,17-/m1/s1. The molecule has 3 nitrogen and oxygen atoms in total. The summed E-state index contributed by atoms with van der Waals surface area (Å²) < 4.78 is 5.48. The Morgan fingerprint density at radius 2 is 2.25 bits per heavy atom. The Morgan fingerprint density at radius 3 is 2.75 bits per heavy atom. The van der Waals surface area contributed by atoms with E-state index in [2.05, 4.69) is 33.4 Å². The van der Waals surface area contributed by atoms with E-state index in [1.807, 2.05) is 0 Å². The second-order valence-corrected chi connectivity index (χ2v) is 6.76. The van der Waals surface area contributed by atoms with Crippen LogP contribution in [0.5, 0.6) is 0 Å². The first kappa shape index (κ1) is 17.0. The zero-order chi connectivity index (χ0) is 15.6. The van der Waals surface area contributed by atoms with Crippen molar-refractivity contribution in [1.82, 2.24) is 0 Å². The van der Waals surface area contributed by atoms with Crippen LogP contribution in [0.4, 0.5) is 0 Å². The van der Waals surface area contributed by atoms with Gasteiger partial charge < -0.3 is 9.84 Å². The monoisotopic (exact) mass is 280 g/mol. The van der Waals surface area contributed by atoms with Crippen molar-refractivity contribution in [3.8, 4) is 0 Å². The topological polar surface area (TPSA) is 46.5 Å². The molecule has 20 heavy (non-hydrogen) atoms. The lowest BCUT2D eigenvalue weighted by atomic mass is 9.64. The number of hydrogen-bond donors (Lipinski definition) is 1. The van der Waals surface area contributed by atoms with Crippen LogP contribution in [0, 0.1) is 11.3 Å². The second kappa shape index (κ2) is 6.13. The van der Waals surface area contributed by atoms with Crippen LogP contribution in [0.2, 0.25) is 0 Å². The van der Waals surface area contributed by atoms with Crippen molar-refractivity contribution in [2.75, 3.05) is 0 Å². The van der Waals surface area contributed by atoms with Gasteiger partial charge in [0.15, 0.2) is 0 Å². The molecule has 0 bridgehead atoms. The average Bonchev–Trinajstić information content (AvgIpc) is 2.32. The van der Waals surface area contributed by atoms with E-state index in [4.69, 9.17) is 4.74 Å². The molecule has 0 radical (unpaired) electrons. The highest BCUT2D eigenvalue weighted by atomic mass is 16.5. The summed E-state index contributed by atoms with van der Waals surface area (Å²) >= 11 is 0. The van der Waals surface area contributed by atoms with Gasteiger partial charge in [0, 0.05) is 18.8 Å². The van der Waals surface area contributed by atoms with Crippen molar-refractivity contribution in [2.45, 2.75) is 65.6 Å². The lowest BCUT2D eigenvalue weighted by Crippen LogP contribution is -2.43. The van der Waals surface area contributed by atoms with Gasteiger partial charge in [-0.1, -0.05) is 31.6 Å². The summed E-state index contributed by atoms with van der Waals surface area (Å²) in [5.41, 5.74) is 0.352. The van der Waals surface area contributed by atoms with Crippen LogP contribution >= 0.6 is 0 Å². The minimum absolute atomic E-state index is 0.0950. The first-order valence-electron chi connectivity index (χ1n) is 7.30. The third-order valence-corrected chi connectivity index (χ3v) is 4.62. The minimum Gasteiger partial charge on any atom is -0.462 e. The molecule has 1 rings (SSSR count). The summed E-state index contributed by atoms with van der Waals surface area (Å²) in [5, 5.41) is 10.1. The highest BCUT2D eigenvalue weighted by Gasteiger charge is 2.42. The van der Waals surface area contributed by atoms with Crippen LogP contribution in [0.1, 0.15) is 53.9 Å². The maximum absolute atomic E-state index is 11.3. The van der Waals surface area contributed by atoms with Gasteiger partial charge in [-0.15, -0.1) is 6.58 Å². The number of carbonyl (C=O) groups excluding carboxylic acids is 1. The fourth-order valence-corrected chi connectivity index (χ4v) is 3.09. The molecule has 1 aliphatic carbocycles. The Labute approximate surface area is 122 Å². The molecule has 0 saturated carbocycles. The first-order valence-corrected chi connectivity index (χ1v) is 7.30. The summed E-state index contributed by atoms with van der Waals surface area (Å²) in [5.74, 6) is 0.0693. The van der Waals surface area contributed by atoms with E-state index >= 15 is 0 Å². The van der Waals surface area contributed by atoms with E-state index in [1.165, 1.54) is 12.5 Å². The van der Waals surface area contributed by atoms with Gasteiger partial charge in [0.25, 0.3) is 0 Å². The van der Waals surface area contributed by atoms with Crippen molar-refractivity contribution in [1.29, 1.82) is 0 Å². The number of carbonyl (C=O) groups is 1. The van der Waals surface area contributed by atoms with Crippen LogP contribution in [-0.4, -0.2) is 22.8 Å². The SMILES string of the molecule is C=C[C@@](C)(O)CC[C@@H]1C(C)=CC[C@H](OC(C)=O)C1(C)C. The van der Waals surface area contributed by atoms with Crippen LogP contribution in [0.25, 0.3) is 0 Å². The van der Waals surface area contributed by atoms with E-state index in [1.54, 1.807) is 13.0 Å². The second-order valence-electron chi connectivity index (χ2n) is 6.76. The zero-order valence-electron chi connectivity index (χ0n) is 13.4. The molecule has 1 aliphatic rings. The number of esters is 1. The van der Waals surface area contributed by atoms with Gasteiger partial charge >= 0.3 is 5.97 Å². The lowest BCUT2D eigenvalue weighted by Gasteiger charge is -2.44. The molecule has 0 unspecified atom stereocenters. The summed E-state index contributed by atoms with van der Waals surface area (Å²) in [6, 6.07) is 0. The van der Waals surface area contributed by atoms with Crippen molar-refractivity contribution in [3.05, 3.63) is 24.3 Å². The fraction of sp³-hybridized carbons (Fsp3) is 0.706. The van der Waals surface area contributed by atoms with E-state index in [0.717, 1.165) is 12.8 Å². The van der Waals surface area contributed by atoms with Crippen molar-refractivity contribution < 1.29 is 14.6 Å². The highest BCUT2D eigenvalue weighted by molar-refractivity contribution is 5.66. The fourth-order valence-electron chi connectivity index (χ4n) is 3.09. The Balaban J connectivity index is 2.86. The summed E-state index contributed by atoms with van der Waals surface area (Å²) in [4.78, 5) is 11.3. The minimum atomic E-state index is -0.843. The maximum Gasteiger partial charge on any atom is 0.302 e.